The maximum absolute atomic E-state index is 12.8. The maximum Gasteiger partial charge on any atom is 0.407 e. The minimum absolute atomic E-state index is 0.0907. The van der Waals surface area contributed by atoms with E-state index in [9.17, 15) is 19.2 Å². The average Bonchev–Trinajstić information content (AvgIpc) is 3.42. The number of alkyl carbamates (subject to hydrolysis) is 1. The zero-order valence-corrected chi connectivity index (χ0v) is 17.8. The summed E-state index contributed by atoms with van der Waals surface area (Å²) in [4.78, 5) is 48.3. The lowest BCUT2D eigenvalue weighted by atomic mass is 9.95. The fraction of sp³-hybridized carbons (Fsp3) is 0.727. The van der Waals surface area contributed by atoms with Crippen LogP contribution < -0.4 is 16.0 Å². The molecule has 0 spiro atoms. The summed E-state index contributed by atoms with van der Waals surface area (Å²) in [6, 6.07) is -1.56. The fourth-order valence-electron chi connectivity index (χ4n) is 4.76. The Morgan fingerprint density at radius 3 is 2.63 bits per heavy atom. The highest BCUT2D eigenvalue weighted by Gasteiger charge is 2.36. The van der Waals surface area contributed by atoms with Crippen molar-refractivity contribution >= 4 is 24.2 Å². The Morgan fingerprint density at radius 1 is 1.27 bits per heavy atom. The third kappa shape index (κ3) is 5.83. The molecule has 166 valence electrons. The number of amides is 3. The van der Waals surface area contributed by atoms with Crippen LogP contribution in [0.2, 0.25) is 0 Å². The van der Waals surface area contributed by atoms with Crippen molar-refractivity contribution in [3.05, 3.63) is 12.2 Å². The standard InChI is InChI=1S/C22H33N3O5/c1-13(2)7-19(21(28)24-18(11-26)10-16-5-6-23-20(16)27)25-22(29)30-12-17-9-14-3-4-15(17)8-14/h3-4,11,13-19H,5-10,12H2,1-2H3,(H,23,27)(H,24,28)(H,25,29). The number of rotatable bonds is 10. The normalized spacial score (nSPS) is 28.8. The summed E-state index contributed by atoms with van der Waals surface area (Å²) in [5, 5.41) is 8.07. The van der Waals surface area contributed by atoms with E-state index in [0.29, 0.717) is 50.0 Å². The second kappa shape index (κ2) is 10.1. The van der Waals surface area contributed by atoms with Crippen LogP contribution in [0.25, 0.3) is 0 Å². The number of carbonyl (C=O) groups is 4. The van der Waals surface area contributed by atoms with E-state index in [1.165, 1.54) is 0 Å². The summed E-state index contributed by atoms with van der Waals surface area (Å²) in [6.07, 6.45) is 8.00. The highest BCUT2D eigenvalue weighted by molar-refractivity contribution is 5.88. The Balaban J connectivity index is 1.49. The SMILES string of the molecule is CC(C)CC(NC(=O)OCC1CC2C=CC1C2)C(=O)NC(C=O)CC1CCNC1=O. The van der Waals surface area contributed by atoms with Gasteiger partial charge in [0.2, 0.25) is 11.8 Å². The number of fused-ring (bicyclic) bond motifs is 2. The van der Waals surface area contributed by atoms with Crippen LogP contribution in [0.1, 0.15) is 46.0 Å². The van der Waals surface area contributed by atoms with Crippen molar-refractivity contribution < 1.29 is 23.9 Å². The van der Waals surface area contributed by atoms with Gasteiger partial charge in [-0.25, -0.2) is 4.79 Å². The number of hydrogen-bond acceptors (Lipinski definition) is 5. The fourth-order valence-corrected chi connectivity index (χ4v) is 4.76. The molecule has 1 saturated heterocycles. The molecule has 2 aliphatic carbocycles. The number of nitrogens with one attached hydrogen (secondary N) is 3. The number of carbonyl (C=O) groups excluding carboxylic acids is 4. The van der Waals surface area contributed by atoms with Gasteiger partial charge in [-0.05, 0) is 49.9 Å². The quantitative estimate of drug-likeness (QED) is 0.367. The lowest BCUT2D eigenvalue weighted by molar-refractivity contribution is -0.127. The molecule has 30 heavy (non-hydrogen) atoms. The first-order chi connectivity index (χ1) is 14.4. The van der Waals surface area contributed by atoms with Gasteiger partial charge >= 0.3 is 6.09 Å². The summed E-state index contributed by atoms with van der Waals surface area (Å²) in [7, 11) is 0. The first-order valence-electron chi connectivity index (χ1n) is 11.0. The van der Waals surface area contributed by atoms with E-state index >= 15 is 0 Å². The molecular formula is C22H33N3O5. The zero-order valence-electron chi connectivity index (χ0n) is 17.8. The minimum atomic E-state index is -0.794. The van der Waals surface area contributed by atoms with Gasteiger partial charge in [0.05, 0.1) is 12.6 Å². The van der Waals surface area contributed by atoms with E-state index in [-0.39, 0.29) is 24.2 Å². The number of allylic oxidation sites excluding steroid dienone is 2. The average molecular weight is 420 g/mol. The second-order valence-corrected chi connectivity index (χ2v) is 9.23. The molecule has 0 aromatic rings. The van der Waals surface area contributed by atoms with Gasteiger partial charge in [-0.2, -0.15) is 0 Å². The molecule has 1 saturated carbocycles. The Hall–Kier alpha value is -2.38. The summed E-state index contributed by atoms with van der Waals surface area (Å²) in [5.41, 5.74) is 0. The molecule has 0 radical (unpaired) electrons. The first kappa shape index (κ1) is 22.3. The largest absolute Gasteiger partial charge is 0.449 e. The first-order valence-corrected chi connectivity index (χ1v) is 11.0. The van der Waals surface area contributed by atoms with Crippen molar-refractivity contribution in [3.8, 4) is 0 Å². The lowest BCUT2D eigenvalue weighted by Crippen LogP contribution is -2.51. The predicted molar refractivity (Wildman–Crippen MR) is 110 cm³/mol. The van der Waals surface area contributed by atoms with Gasteiger partial charge in [0.15, 0.2) is 0 Å². The van der Waals surface area contributed by atoms with Gasteiger partial charge in [0.1, 0.15) is 12.3 Å². The van der Waals surface area contributed by atoms with Crippen LogP contribution in [0.15, 0.2) is 12.2 Å². The van der Waals surface area contributed by atoms with Gasteiger partial charge in [-0.15, -0.1) is 0 Å². The van der Waals surface area contributed by atoms with Crippen molar-refractivity contribution in [2.24, 2.45) is 29.6 Å². The molecule has 3 N–H and O–H groups in total. The van der Waals surface area contributed by atoms with Gasteiger partial charge < -0.3 is 25.5 Å². The maximum atomic E-state index is 12.8. The number of hydrogen-bond donors (Lipinski definition) is 3. The Labute approximate surface area is 177 Å². The van der Waals surface area contributed by atoms with Crippen LogP contribution in [0.5, 0.6) is 0 Å². The molecule has 0 aromatic carbocycles. The third-order valence-corrected chi connectivity index (χ3v) is 6.35. The monoisotopic (exact) mass is 419 g/mol. The van der Waals surface area contributed by atoms with E-state index in [0.717, 1.165) is 12.8 Å². The van der Waals surface area contributed by atoms with E-state index in [1.807, 2.05) is 13.8 Å². The van der Waals surface area contributed by atoms with Gasteiger partial charge in [0.25, 0.3) is 0 Å². The predicted octanol–water partition coefficient (Wildman–Crippen LogP) is 1.55. The topological polar surface area (TPSA) is 114 Å². The molecule has 3 amide bonds. The van der Waals surface area contributed by atoms with Crippen molar-refractivity contribution in [2.45, 2.75) is 58.0 Å². The van der Waals surface area contributed by atoms with Crippen LogP contribution in [-0.4, -0.2) is 49.4 Å². The molecule has 2 bridgehead atoms. The highest BCUT2D eigenvalue weighted by atomic mass is 16.5. The van der Waals surface area contributed by atoms with E-state index in [4.69, 9.17) is 4.74 Å². The minimum Gasteiger partial charge on any atom is -0.449 e. The van der Waals surface area contributed by atoms with Gasteiger partial charge in [-0.1, -0.05) is 26.0 Å². The molecule has 6 unspecified atom stereocenters. The Morgan fingerprint density at radius 2 is 2.07 bits per heavy atom. The third-order valence-electron chi connectivity index (χ3n) is 6.35. The zero-order chi connectivity index (χ0) is 21.7. The summed E-state index contributed by atoms with van der Waals surface area (Å²) in [5.74, 6) is 0.794. The van der Waals surface area contributed by atoms with E-state index < -0.39 is 24.1 Å². The van der Waals surface area contributed by atoms with E-state index in [2.05, 4.69) is 28.1 Å². The molecule has 8 nitrogen and oxygen atoms in total. The van der Waals surface area contributed by atoms with Crippen molar-refractivity contribution in [1.29, 1.82) is 0 Å². The van der Waals surface area contributed by atoms with Crippen LogP contribution in [0.4, 0.5) is 4.79 Å². The Bertz CT molecular complexity index is 692. The summed E-state index contributed by atoms with van der Waals surface area (Å²) < 4.78 is 5.41. The van der Waals surface area contributed by atoms with Crippen LogP contribution in [0.3, 0.4) is 0 Å². The summed E-state index contributed by atoms with van der Waals surface area (Å²) in [6.45, 7) is 4.84. The highest BCUT2D eigenvalue weighted by Crippen LogP contribution is 2.43. The molecule has 3 aliphatic rings. The molecule has 1 heterocycles. The molecule has 6 atom stereocenters. The molecule has 0 aromatic heterocycles. The molecule has 3 rings (SSSR count). The molecule has 1 aliphatic heterocycles. The van der Waals surface area contributed by atoms with Crippen molar-refractivity contribution in [2.75, 3.05) is 13.2 Å². The summed E-state index contributed by atoms with van der Waals surface area (Å²) >= 11 is 0. The molecule has 2 fully saturated rings. The van der Waals surface area contributed by atoms with Gasteiger partial charge in [-0.3, -0.25) is 9.59 Å². The van der Waals surface area contributed by atoms with Crippen LogP contribution in [-0.2, 0) is 19.1 Å². The second-order valence-electron chi connectivity index (χ2n) is 9.23. The number of ether oxygens (including phenoxy) is 1. The van der Waals surface area contributed by atoms with Gasteiger partial charge in [0, 0.05) is 18.4 Å². The molecule has 8 heteroatoms. The number of aldehydes is 1. The van der Waals surface area contributed by atoms with E-state index in [1.54, 1.807) is 0 Å². The van der Waals surface area contributed by atoms with Crippen molar-refractivity contribution in [3.63, 3.8) is 0 Å². The van der Waals surface area contributed by atoms with Crippen molar-refractivity contribution in [1.82, 2.24) is 16.0 Å². The van der Waals surface area contributed by atoms with Crippen LogP contribution >= 0.6 is 0 Å². The Kier molecular flexibility index (Phi) is 7.50. The smallest absolute Gasteiger partial charge is 0.407 e. The van der Waals surface area contributed by atoms with Crippen LogP contribution in [0, 0.1) is 29.6 Å². The lowest BCUT2D eigenvalue weighted by Gasteiger charge is -2.23. The molecular weight excluding hydrogens is 386 g/mol.